The lowest BCUT2D eigenvalue weighted by Crippen LogP contribution is -2.48. The summed E-state index contributed by atoms with van der Waals surface area (Å²) < 4.78 is 43.9. The van der Waals surface area contributed by atoms with E-state index in [4.69, 9.17) is 4.74 Å². The van der Waals surface area contributed by atoms with Gasteiger partial charge in [-0.1, -0.05) is 36.4 Å². The summed E-state index contributed by atoms with van der Waals surface area (Å²) >= 11 is 0. The maximum atomic E-state index is 13.7. The van der Waals surface area contributed by atoms with Gasteiger partial charge in [0.05, 0.1) is 11.6 Å². The number of hydrogen-bond donors (Lipinski definition) is 0. The number of rotatable bonds is 5. The van der Waals surface area contributed by atoms with Crippen LogP contribution in [0.3, 0.4) is 0 Å². The van der Waals surface area contributed by atoms with Gasteiger partial charge in [-0.3, -0.25) is 4.79 Å². The molecule has 2 fully saturated rings. The Balaban J connectivity index is 1.37. The number of ether oxygens (including phenoxy) is 1. The lowest BCUT2D eigenvalue weighted by molar-refractivity contribution is -0.138. The number of nitrogens with zero attached hydrogens (tertiary/aromatic N) is 4. The van der Waals surface area contributed by atoms with Crippen molar-refractivity contribution in [1.29, 1.82) is 0 Å². The smallest absolute Gasteiger partial charge is 0.419 e. The second-order valence-electron chi connectivity index (χ2n) is 8.88. The number of amides is 1. The summed E-state index contributed by atoms with van der Waals surface area (Å²) in [7, 11) is 0. The van der Waals surface area contributed by atoms with Crippen LogP contribution in [-0.4, -0.2) is 45.0 Å². The quantitative estimate of drug-likeness (QED) is 0.538. The van der Waals surface area contributed by atoms with Crippen LogP contribution in [0.5, 0.6) is 6.01 Å². The second kappa shape index (κ2) is 8.70. The summed E-state index contributed by atoms with van der Waals surface area (Å²) in [4.78, 5) is 27.5. The highest BCUT2D eigenvalue weighted by Gasteiger charge is 2.47. The number of benzene rings is 1. The van der Waals surface area contributed by atoms with Crippen LogP contribution in [0.2, 0.25) is 0 Å². The SMILES string of the molecule is Cc1ccc(-c2ccccc2)c(C(=O)N2C[C@@H]3C[C@@H]3C[C@H]2COc2ncc(C(F)(F)F)cn2)n1. The zero-order valence-corrected chi connectivity index (χ0v) is 18.5. The molecule has 0 radical (unpaired) electrons. The minimum Gasteiger partial charge on any atom is -0.461 e. The average molecular weight is 468 g/mol. The van der Waals surface area contributed by atoms with Crippen molar-refractivity contribution in [3.63, 3.8) is 0 Å². The predicted molar refractivity (Wildman–Crippen MR) is 118 cm³/mol. The third-order valence-corrected chi connectivity index (χ3v) is 6.46. The number of alkyl halides is 3. The molecule has 1 aromatic carbocycles. The Bertz CT molecular complexity index is 1190. The van der Waals surface area contributed by atoms with E-state index in [1.165, 1.54) is 0 Å². The van der Waals surface area contributed by atoms with Gasteiger partial charge in [0.15, 0.2) is 0 Å². The predicted octanol–water partition coefficient (Wildman–Crippen LogP) is 4.80. The third-order valence-electron chi connectivity index (χ3n) is 6.46. The molecule has 3 aromatic rings. The Morgan fingerprint density at radius 3 is 2.50 bits per heavy atom. The molecule has 0 bridgehead atoms. The Morgan fingerprint density at radius 1 is 1.06 bits per heavy atom. The van der Waals surface area contributed by atoms with E-state index in [1.807, 2.05) is 49.4 Å². The van der Waals surface area contributed by atoms with Crippen molar-refractivity contribution in [2.24, 2.45) is 11.8 Å². The fourth-order valence-electron chi connectivity index (χ4n) is 4.52. The molecule has 5 rings (SSSR count). The van der Waals surface area contributed by atoms with Crippen LogP contribution in [0.1, 0.15) is 34.6 Å². The number of carbonyl (C=O) groups is 1. The van der Waals surface area contributed by atoms with Gasteiger partial charge in [-0.2, -0.15) is 13.2 Å². The van der Waals surface area contributed by atoms with Crippen molar-refractivity contribution in [3.05, 3.63) is 71.8 Å². The molecule has 34 heavy (non-hydrogen) atoms. The molecule has 6 nitrogen and oxygen atoms in total. The number of carbonyl (C=O) groups excluding carboxylic acids is 1. The molecule has 1 saturated heterocycles. The molecule has 2 aromatic heterocycles. The molecular formula is C25H23F3N4O2. The normalized spacial score (nSPS) is 21.6. The Labute approximate surface area is 194 Å². The van der Waals surface area contributed by atoms with Gasteiger partial charge in [0.1, 0.15) is 12.3 Å². The fourth-order valence-corrected chi connectivity index (χ4v) is 4.52. The maximum absolute atomic E-state index is 13.7. The summed E-state index contributed by atoms with van der Waals surface area (Å²) in [6, 6.07) is 13.0. The fraction of sp³-hybridized carbons (Fsp3) is 0.360. The van der Waals surface area contributed by atoms with Crippen LogP contribution >= 0.6 is 0 Å². The summed E-state index contributed by atoms with van der Waals surface area (Å²) in [5.41, 5.74) is 1.87. The molecule has 2 aliphatic rings. The average Bonchev–Trinajstić information content (AvgIpc) is 3.60. The number of piperidine rings is 1. The van der Waals surface area contributed by atoms with Gasteiger partial charge in [0, 0.05) is 30.2 Å². The highest BCUT2D eigenvalue weighted by Crippen LogP contribution is 2.47. The number of halogens is 3. The first kappa shape index (κ1) is 22.3. The van der Waals surface area contributed by atoms with E-state index >= 15 is 0 Å². The van der Waals surface area contributed by atoms with Gasteiger partial charge in [0.25, 0.3) is 5.91 Å². The highest BCUT2D eigenvalue weighted by atomic mass is 19.4. The van der Waals surface area contributed by atoms with Gasteiger partial charge in [0.2, 0.25) is 0 Å². The van der Waals surface area contributed by atoms with E-state index < -0.39 is 11.7 Å². The lowest BCUT2D eigenvalue weighted by atomic mass is 9.99. The molecule has 1 aliphatic carbocycles. The van der Waals surface area contributed by atoms with Gasteiger partial charge in [-0.05, 0) is 43.2 Å². The largest absolute Gasteiger partial charge is 0.461 e. The second-order valence-corrected chi connectivity index (χ2v) is 8.88. The van der Waals surface area contributed by atoms with Crippen LogP contribution in [0.15, 0.2) is 54.9 Å². The Kier molecular flexibility index (Phi) is 5.71. The van der Waals surface area contributed by atoms with Crippen LogP contribution < -0.4 is 4.74 Å². The van der Waals surface area contributed by atoms with Crippen LogP contribution in [0.25, 0.3) is 11.1 Å². The zero-order valence-electron chi connectivity index (χ0n) is 18.5. The Morgan fingerprint density at radius 2 is 1.79 bits per heavy atom. The first-order valence-corrected chi connectivity index (χ1v) is 11.2. The number of likely N-dealkylation sites (tertiary alicyclic amines) is 1. The van der Waals surface area contributed by atoms with E-state index in [0.717, 1.165) is 29.7 Å². The van der Waals surface area contributed by atoms with Crippen LogP contribution in [0.4, 0.5) is 13.2 Å². The molecule has 176 valence electrons. The number of hydrogen-bond acceptors (Lipinski definition) is 5. The molecule has 3 atom stereocenters. The van der Waals surface area contributed by atoms with Crippen LogP contribution in [-0.2, 0) is 6.18 Å². The van der Waals surface area contributed by atoms with Crippen molar-refractivity contribution < 1.29 is 22.7 Å². The highest BCUT2D eigenvalue weighted by molar-refractivity contribution is 5.99. The standard InChI is InChI=1S/C25H23F3N4O2/c1-15-7-8-21(16-5-3-2-4-6-16)22(31-15)23(33)32-13-18-9-17(18)10-20(32)14-34-24-29-11-19(12-30-24)25(26,27)28/h2-8,11-12,17-18,20H,9-10,13-14H2,1H3/t17-,18+,20+/m1/s1. The minimum absolute atomic E-state index is 0.104. The number of aromatic nitrogens is 3. The van der Waals surface area contributed by atoms with Gasteiger partial charge in [-0.15, -0.1) is 0 Å². The van der Waals surface area contributed by atoms with Crippen molar-refractivity contribution >= 4 is 5.91 Å². The first-order chi connectivity index (χ1) is 16.3. The van der Waals surface area contributed by atoms with E-state index in [1.54, 1.807) is 4.90 Å². The monoisotopic (exact) mass is 468 g/mol. The summed E-state index contributed by atoms with van der Waals surface area (Å²) in [5, 5.41) is 0. The molecule has 1 aliphatic heterocycles. The molecule has 1 amide bonds. The van der Waals surface area contributed by atoms with E-state index in [0.29, 0.717) is 36.5 Å². The Hall–Kier alpha value is -3.49. The van der Waals surface area contributed by atoms with Crippen molar-refractivity contribution in [2.45, 2.75) is 32.0 Å². The molecule has 3 heterocycles. The molecule has 0 unspecified atom stereocenters. The lowest BCUT2D eigenvalue weighted by Gasteiger charge is -2.35. The number of pyridine rings is 1. The molecule has 0 N–H and O–H groups in total. The molecule has 0 spiro atoms. The van der Waals surface area contributed by atoms with Gasteiger partial charge >= 0.3 is 12.2 Å². The van der Waals surface area contributed by atoms with Gasteiger partial charge < -0.3 is 9.64 Å². The van der Waals surface area contributed by atoms with Gasteiger partial charge in [-0.25, -0.2) is 15.0 Å². The third kappa shape index (κ3) is 4.60. The van der Waals surface area contributed by atoms with Crippen LogP contribution in [0, 0.1) is 18.8 Å². The number of fused-ring (bicyclic) bond motifs is 1. The zero-order chi connectivity index (χ0) is 23.9. The number of aryl methyl sites for hydroxylation is 1. The summed E-state index contributed by atoms with van der Waals surface area (Å²) in [5.74, 6) is 0.826. The van der Waals surface area contributed by atoms with Crippen molar-refractivity contribution in [1.82, 2.24) is 19.9 Å². The van der Waals surface area contributed by atoms with E-state index in [9.17, 15) is 18.0 Å². The first-order valence-electron chi connectivity index (χ1n) is 11.2. The van der Waals surface area contributed by atoms with Crippen molar-refractivity contribution in [2.75, 3.05) is 13.2 Å². The molecule has 1 saturated carbocycles. The minimum atomic E-state index is -4.51. The maximum Gasteiger partial charge on any atom is 0.419 e. The topological polar surface area (TPSA) is 68.2 Å². The summed E-state index contributed by atoms with van der Waals surface area (Å²) in [6.45, 7) is 2.56. The van der Waals surface area contributed by atoms with E-state index in [-0.39, 0.29) is 24.6 Å². The summed E-state index contributed by atoms with van der Waals surface area (Å²) in [6.07, 6.45) is -1.28. The van der Waals surface area contributed by atoms with E-state index in [2.05, 4.69) is 15.0 Å². The van der Waals surface area contributed by atoms with Crippen molar-refractivity contribution in [3.8, 4) is 17.1 Å². The molecular weight excluding hydrogens is 445 g/mol. The molecule has 9 heteroatoms.